The first-order valence-electron chi connectivity index (χ1n) is 9.10. The number of morpholine rings is 1. The van der Waals surface area contributed by atoms with Crippen molar-refractivity contribution in [2.45, 2.75) is 51.6 Å². The van der Waals surface area contributed by atoms with Crippen molar-refractivity contribution in [3.63, 3.8) is 0 Å². The van der Waals surface area contributed by atoms with Crippen molar-refractivity contribution in [1.82, 2.24) is 4.90 Å². The largest absolute Gasteiger partial charge is 0.494 e. The second-order valence-corrected chi connectivity index (χ2v) is 7.66. The number of carboxylic acids is 1. The lowest BCUT2D eigenvalue weighted by Gasteiger charge is -2.32. The molecule has 26 heavy (non-hydrogen) atoms. The highest BCUT2D eigenvalue weighted by Crippen LogP contribution is 2.24. The number of amides is 1. The maximum absolute atomic E-state index is 12.3. The molecule has 1 aliphatic heterocycles. The van der Waals surface area contributed by atoms with Crippen LogP contribution >= 0.6 is 0 Å². The van der Waals surface area contributed by atoms with Crippen molar-refractivity contribution in [2.24, 2.45) is 0 Å². The molecule has 0 radical (unpaired) electrons. The molecular weight excluding hydrogens is 334 g/mol. The molecule has 0 bridgehead atoms. The number of benzene rings is 1. The Balaban J connectivity index is 1.70. The van der Waals surface area contributed by atoms with Crippen molar-refractivity contribution in [3.8, 4) is 5.75 Å². The predicted molar refractivity (Wildman–Crippen MR) is 98.4 cm³/mol. The SMILES string of the molecule is CC(C)(C)c1ccc(OCCCC(=O)N2CCOC(CC(=O)O)C2)cc1. The van der Waals surface area contributed by atoms with Crippen LogP contribution in [0.5, 0.6) is 5.75 Å². The quantitative estimate of drug-likeness (QED) is 0.754. The third-order valence-electron chi connectivity index (χ3n) is 4.42. The van der Waals surface area contributed by atoms with E-state index in [4.69, 9.17) is 14.6 Å². The molecule has 6 nitrogen and oxygen atoms in total. The van der Waals surface area contributed by atoms with Gasteiger partial charge in [-0.3, -0.25) is 9.59 Å². The van der Waals surface area contributed by atoms with Gasteiger partial charge in [0.2, 0.25) is 5.91 Å². The summed E-state index contributed by atoms with van der Waals surface area (Å²) >= 11 is 0. The van der Waals surface area contributed by atoms with E-state index < -0.39 is 12.1 Å². The lowest BCUT2D eigenvalue weighted by atomic mass is 9.87. The molecule has 144 valence electrons. The smallest absolute Gasteiger partial charge is 0.306 e. The molecule has 1 atom stereocenters. The van der Waals surface area contributed by atoms with Crippen molar-refractivity contribution in [1.29, 1.82) is 0 Å². The van der Waals surface area contributed by atoms with Gasteiger partial charge in [0.05, 0.1) is 25.7 Å². The van der Waals surface area contributed by atoms with Crippen LogP contribution in [0.15, 0.2) is 24.3 Å². The van der Waals surface area contributed by atoms with Crippen molar-refractivity contribution < 1.29 is 24.2 Å². The number of hydrogen-bond donors (Lipinski definition) is 1. The molecule has 2 rings (SSSR count). The van der Waals surface area contributed by atoms with Crippen LogP contribution in [0.1, 0.15) is 45.6 Å². The molecule has 1 N–H and O–H groups in total. The lowest BCUT2D eigenvalue weighted by Crippen LogP contribution is -2.46. The monoisotopic (exact) mass is 363 g/mol. The van der Waals surface area contributed by atoms with Crippen LogP contribution in [-0.4, -0.2) is 54.3 Å². The summed E-state index contributed by atoms with van der Waals surface area (Å²) in [5.41, 5.74) is 1.37. The van der Waals surface area contributed by atoms with Gasteiger partial charge in [-0.15, -0.1) is 0 Å². The summed E-state index contributed by atoms with van der Waals surface area (Å²) in [5.74, 6) is -0.0797. The number of carboxylic acid groups (broad SMARTS) is 1. The molecule has 1 fully saturated rings. The summed E-state index contributed by atoms with van der Waals surface area (Å²) in [6.45, 7) is 8.23. The van der Waals surface area contributed by atoms with E-state index in [0.717, 1.165) is 5.75 Å². The zero-order valence-electron chi connectivity index (χ0n) is 15.9. The second kappa shape index (κ2) is 9.03. The summed E-state index contributed by atoms with van der Waals surface area (Å²) in [7, 11) is 0. The molecule has 6 heteroatoms. The van der Waals surface area contributed by atoms with Crippen LogP contribution in [0.2, 0.25) is 0 Å². The zero-order valence-corrected chi connectivity index (χ0v) is 15.9. The maximum Gasteiger partial charge on any atom is 0.306 e. The van der Waals surface area contributed by atoms with E-state index in [2.05, 4.69) is 32.9 Å². The number of carbonyl (C=O) groups is 2. The molecule has 0 aliphatic carbocycles. The summed E-state index contributed by atoms with van der Waals surface area (Å²) in [6.07, 6.45) is 0.528. The van der Waals surface area contributed by atoms with Gasteiger partial charge in [-0.05, 0) is 29.5 Å². The van der Waals surface area contributed by atoms with Crippen LogP contribution in [0.25, 0.3) is 0 Å². The van der Waals surface area contributed by atoms with Gasteiger partial charge in [0.1, 0.15) is 5.75 Å². The Morgan fingerprint density at radius 2 is 1.96 bits per heavy atom. The van der Waals surface area contributed by atoms with Gasteiger partial charge in [-0.1, -0.05) is 32.9 Å². The molecule has 1 heterocycles. The maximum atomic E-state index is 12.3. The third kappa shape index (κ3) is 6.33. The van der Waals surface area contributed by atoms with Gasteiger partial charge in [0, 0.05) is 19.5 Å². The van der Waals surface area contributed by atoms with E-state index in [-0.39, 0.29) is 17.7 Å². The molecule has 1 unspecified atom stereocenters. The molecule has 1 amide bonds. The Labute approximate surface area is 155 Å². The summed E-state index contributed by atoms with van der Waals surface area (Å²) in [4.78, 5) is 24.7. The van der Waals surface area contributed by atoms with E-state index in [9.17, 15) is 9.59 Å². The standard InChI is InChI=1S/C20H29NO5/c1-20(2,3)15-6-8-16(9-7-15)25-11-4-5-18(22)21-10-12-26-17(14-21)13-19(23)24/h6-9,17H,4-5,10-14H2,1-3H3,(H,23,24). The number of carbonyl (C=O) groups excluding carboxylic acids is 1. The van der Waals surface area contributed by atoms with Gasteiger partial charge < -0.3 is 19.5 Å². The minimum atomic E-state index is -0.907. The number of hydrogen-bond acceptors (Lipinski definition) is 4. The van der Waals surface area contributed by atoms with Gasteiger partial charge in [0.25, 0.3) is 0 Å². The number of aliphatic carboxylic acids is 1. The molecule has 1 saturated heterocycles. The Morgan fingerprint density at radius 3 is 2.58 bits per heavy atom. The molecule has 0 spiro atoms. The normalized spacial score (nSPS) is 17.8. The molecule has 1 aromatic rings. The topological polar surface area (TPSA) is 76.1 Å². The molecule has 0 aromatic heterocycles. The van der Waals surface area contributed by atoms with Crippen LogP contribution in [-0.2, 0) is 19.7 Å². The van der Waals surface area contributed by atoms with Crippen molar-refractivity contribution in [3.05, 3.63) is 29.8 Å². The van der Waals surface area contributed by atoms with Gasteiger partial charge in [-0.2, -0.15) is 0 Å². The van der Waals surface area contributed by atoms with Gasteiger partial charge >= 0.3 is 5.97 Å². The third-order valence-corrected chi connectivity index (χ3v) is 4.42. The highest BCUT2D eigenvalue weighted by Gasteiger charge is 2.25. The average molecular weight is 363 g/mol. The number of nitrogens with zero attached hydrogens (tertiary/aromatic N) is 1. The summed E-state index contributed by atoms with van der Waals surface area (Å²) < 4.78 is 11.1. The Bertz CT molecular complexity index is 606. The predicted octanol–water partition coefficient (Wildman–Crippen LogP) is 2.85. The first-order valence-corrected chi connectivity index (χ1v) is 9.10. The second-order valence-electron chi connectivity index (χ2n) is 7.66. The van der Waals surface area contributed by atoms with Gasteiger partial charge in [0.15, 0.2) is 0 Å². The Hall–Kier alpha value is -2.08. The molecule has 1 aliphatic rings. The Morgan fingerprint density at radius 1 is 1.27 bits per heavy atom. The van der Waals surface area contributed by atoms with Crippen molar-refractivity contribution in [2.75, 3.05) is 26.3 Å². The van der Waals surface area contributed by atoms with Crippen molar-refractivity contribution >= 4 is 11.9 Å². The minimum Gasteiger partial charge on any atom is -0.494 e. The van der Waals surface area contributed by atoms with E-state index in [1.807, 2.05) is 12.1 Å². The highest BCUT2D eigenvalue weighted by atomic mass is 16.5. The highest BCUT2D eigenvalue weighted by molar-refractivity contribution is 5.76. The van der Waals surface area contributed by atoms with Gasteiger partial charge in [-0.25, -0.2) is 0 Å². The first-order chi connectivity index (χ1) is 12.3. The fraction of sp³-hybridized carbons (Fsp3) is 0.600. The molecule has 0 saturated carbocycles. The summed E-state index contributed by atoms with van der Waals surface area (Å²) in [5, 5.41) is 8.83. The molecular formula is C20H29NO5. The number of rotatable bonds is 7. The fourth-order valence-corrected chi connectivity index (χ4v) is 2.89. The van der Waals surface area contributed by atoms with Crippen LogP contribution in [0.3, 0.4) is 0 Å². The zero-order chi connectivity index (χ0) is 19.2. The van der Waals surface area contributed by atoms with E-state index in [1.165, 1.54) is 5.56 Å². The van der Waals surface area contributed by atoms with E-state index in [0.29, 0.717) is 39.1 Å². The number of ether oxygens (including phenoxy) is 2. The lowest BCUT2D eigenvalue weighted by molar-refractivity contribution is -0.147. The average Bonchev–Trinajstić information content (AvgIpc) is 2.58. The summed E-state index contributed by atoms with van der Waals surface area (Å²) in [6, 6.07) is 8.05. The molecule has 1 aromatic carbocycles. The van der Waals surface area contributed by atoms with Crippen LogP contribution in [0.4, 0.5) is 0 Å². The van der Waals surface area contributed by atoms with Crippen LogP contribution < -0.4 is 4.74 Å². The van der Waals surface area contributed by atoms with Crippen LogP contribution in [0, 0.1) is 0 Å². The van der Waals surface area contributed by atoms with E-state index >= 15 is 0 Å². The van der Waals surface area contributed by atoms with E-state index in [1.54, 1.807) is 4.90 Å². The minimum absolute atomic E-state index is 0.0235. The first kappa shape index (κ1) is 20.2. The Kier molecular flexibility index (Phi) is 7.03. The fourth-order valence-electron chi connectivity index (χ4n) is 2.89.